The van der Waals surface area contributed by atoms with Crippen LogP contribution in [0.4, 0.5) is 5.69 Å². The Morgan fingerprint density at radius 1 is 0.967 bits per heavy atom. The highest BCUT2D eigenvalue weighted by molar-refractivity contribution is 6.24. The van der Waals surface area contributed by atoms with E-state index in [4.69, 9.17) is 4.74 Å². The van der Waals surface area contributed by atoms with Crippen molar-refractivity contribution < 1.29 is 19.3 Å². The lowest BCUT2D eigenvalue weighted by molar-refractivity contribution is -1.02. The smallest absolute Gasteiger partial charge is 0.263 e. The second kappa shape index (κ2) is 7.74. The number of amides is 1. The van der Waals surface area contributed by atoms with E-state index >= 15 is 0 Å². The second-order valence-electron chi connectivity index (χ2n) is 8.56. The van der Waals surface area contributed by atoms with Crippen molar-refractivity contribution in [1.29, 1.82) is 0 Å². The van der Waals surface area contributed by atoms with Gasteiger partial charge in [-0.2, -0.15) is 0 Å². The van der Waals surface area contributed by atoms with Gasteiger partial charge in [0.05, 0.1) is 18.4 Å². The van der Waals surface area contributed by atoms with Crippen molar-refractivity contribution in [3.63, 3.8) is 0 Å². The van der Waals surface area contributed by atoms with Crippen LogP contribution in [-0.2, 0) is 6.54 Å². The molecule has 2 heterocycles. The maximum Gasteiger partial charge on any atom is 0.263 e. The molecule has 30 heavy (non-hydrogen) atoms. The van der Waals surface area contributed by atoms with Gasteiger partial charge in [0.25, 0.3) is 5.91 Å². The van der Waals surface area contributed by atoms with Crippen LogP contribution in [0.15, 0.2) is 54.6 Å². The van der Waals surface area contributed by atoms with Gasteiger partial charge in [-0.05, 0) is 36.6 Å². The van der Waals surface area contributed by atoms with E-state index in [1.165, 1.54) is 16.0 Å². The number of carbonyl (C=O) groups is 1. The van der Waals surface area contributed by atoms with Gasteiger partial charge >= 0.3 is 0 Å². The molecule has 0 aromatic heterocycles. The van der Waals surface area contributed by atoms with Crippen molar-refractivity contribution in [1.82, 2.24) is 0 Å². The van der Waals surface area contributed by atoms with Crippen molar-refractivity contribution >= 4 is 22.4 Å². The van der Waals surface area contributed by atoms with Gasteiger partial charge in [-0.25, -0.2) is 0 Å². The number of methoxy groups -OCH3 is 1. The van der Waals surface area contributed by atoms with Gasteiger partial charge in [0.15, 0.2) is 6.67 Å². The maximum absolute atomic E-state index is 13.1. The van der Waals surface area contributed by atoms with Crippen LogP contribution in [-0.4, -0.2) is 45.9 Å². The maximum atomic E-state index is 13.1. The van der Waals surface area contributed by atoms with E-state index in [1.807, 2.05) is 17.0 Å². The molecule has 0 radical (unpaired) electrons. The zero-order chi connectivity index (χ0) is 20.7. The van der Waals surface area contributed by atoms with Gasteiger partial charge in [-0.15, -0.1) is 0 Å². The molecule has 0 unspecified atom stereocenters. The SMILES string of the molecule is COc1ccc(C)cc1C[NH+]1CC[NH+](CN2C(=O)c3cccc4cccc2c34)CC1. The zero-order valence-corrected chi connectivity index (χ0v) is 17.7. The van der Waals surface area contributed by atoms with Crippen LogP contribution in [0.1, 0.15) is 21.5 Å². The number of quaternary nitrogens is 2. The monoisotopic (exact) mass is 403 g/mol. The first-order chi connectivity index (χ1) is 14.6. The fraction of sp³-hybridized carbons (Fsp3) is 0.320. The molecule has 154 valence electrons. The summed E-state index contributed by atoms with van der Waals surface area (Å²) in [6.07, 6.45) is 0. The van der Waals surface area contributed by atoms with E-state index in [2.05, 4.69) is 49.4 Å². The summed E-state index contributed by atoms with van der Waals surface area (Å²) < 4.78 is 5.56. The predicted octanol–water partition coefficient (Wildman–Crippen LogP) is 1.06. The molecule has 5 nitrogen and oxygen atoms in total. The lowest BCUT2D eigenvalue weighted by Gasteiger charge is -2.32. The summed E-state index contributed by atoms with van der Waals surface area (Å²) in [5.41, 5.74) is 4.47. The van der Waals surface area contributed by atoms with Gasteiger partial charge < -0.3 is 14.5 Å². The van der Waals surface area contributed by atoms with Crippen molar-refractivity contribution in [2.24, 2.45) is 0 Å². The molecular formula is C25H29N3O2+2. The Morgan fingerprint density at radius 2 is 1.70 bits per heavy atom. The van der Waals surface area contributed by atoms with E-state index in [-0.39, 0.29) is 5.91 Å². The molecule has 3 aromatic rings. The number of carbonyl (C=O) groups excluding carboxylic acids is 1. The number of benzene rings is 3. The number of rotatable bonds is 5. The van der Waals surface area contributed by atoms with Gasteiger partial charge in [0, 0.05) is 10.9 Å². The first-order valence-corrected chi connectivity index (χ1v) is 10.8. The molecule has 2 N–H and O–H groups in total. The summed E-state index contributed by atoms with van der Waals surface area (Å²) in [6, 6.07) is 18.7. The topological polar surface area (TPSA) is 38.4 Å². The van der Waals surface area contributed by atoms with Crippen LogP contribution in [0, 0.1) is 6.92 Å². The summed E-state index contributed by atoms with van der Waals surface area (Å²) in [4.78, 5) is 18.1. The second-order valence-corrected chi connectivity index (χ2v) is 8.56. The normalized spacial score (nSPS) is 20.7. The van der Waals surface area contributed by atoms with Crippen molar-refractivity contribution in [2.45, 2.75) is 13.5 Å². The highest BCUT2D eigenvalue weighted by atomic mass is 16.5. The molecule has 1 fully saturated rings. The molecular weight excluding hydrogens is 374 g/mol. The number of anilines is 1. The molecule has 2 aliphatic rings. The highest BCUT2D eigenvalue weighted by Gasteiger charge is 2.34. The molecule has 0 saturated carbocycles. The first kappa shape index (κ1) is 19.1. The number of hydrogen-bond donors (Lipinski definition) is 2. The number of hydrogen-bond acceptors (Lipinski definition) is 2. The van der Waals surface area contributed by atoms with Crippen molar-refractivity contribution in [3.8, 4) is 5.75 Å². The largest absolute Gasteiger partial charge is 0.496 e. The molecule has 5 heteroatoms. The Bertz CT molecular complexity index is 1100. The molecule has 0 bridgehead atoms. The minimum atomic E-state index is 0.147. The third-order valence-corrected chi connectivity index (χ3v) is 6.57. The van der Waals surface area contributed by atoms with Crippen LogP contribution < -0.4 is 19.4 Å². The Labute approximate surface area is 177 Å². The average Bonchev–Trinajstić information content (AvgIpc) is 3.03. The summed E-state index contributed by atoms with van der Waals surface area (Å²) in [7, 11) is 1.75. The lowest BCUT2D eigenvalue weighted by Crippen LogP contribution is -3.28. The van der Waals surface area contributed by atoms with Crippen molar-refractivity contribution in [3.05, 3.63) is 71.3 Å². The van der Waals surface area contributed by atoms with Gasteiger partial charge in [-0.1, -0.05) is 35.9 Å². The number of nitrogens with one attached hydrogen (secondary N) is 2. The van der Waals surface area contributed by atoms with E-state index in [1.54, 1.807) is 12.0 Å². The fourth-order valence-corrected chi connectivity index (χ4v) is 4.97. The standard InChI is InChI=1S/C25H27N3O2/c1-18-9-10-23(30-2)20(15-18)16-26-11-13-27(14-12-26)17-28-22-8-4-6-19-5-3-7-21(24(19)22)25(28)29/h3-10,15H,11-14,16-17H2,1-2H3/p+2. The molecule has 5 rings (SSSR count). The van der Waals surface area contributed by atoms with E-state index in [9.17, 15) is 4.79 Å². The first-order valence-electron chi connectivity index (χ1n) is 10.8. The number of nitrogens with zero attached hydrogens (tertiary/aromatic N) is 1. The minimum absolute atomic E-state index is 0.147. The number of piperazine rings is 1. The van der Waals surface area contributed by atoms with Gasteiger partial charge in [-0.3, -0.25) is 9.69 Å². The molecule has 0 spiro atoms. The molecule has 1 saturated heterocycles. The molecule has 3 aromatic carbocycles. The molecule has 2 aliphatic heterocycles. The van der Waals surface area contributed by atoms with E-state index in [0.717, 1.165) is 67.2 Å². The quantitative estimate of drug-likeness (QED) is 0.669. The summed E-state index contributed by atoms with van der Waals surface area (Å²) in [6.45, 7) is 8.21. The van der Waals surface area contributed by atoms with Crippen LogP contribution in [0.2, 0.25) is 0 Å². The lowest BCUT2D eigenvalue weighted by atomic mass is 10.1. The van der Waals surface area contributed by atoms with E-state index in [0.29, 0.717) is 0 Å². The predicted molar refractivity (Wildman–Crippen MR) is 118 cm³/mol. The average molecular weight is 404 g/mol. The Morgan fingerprint density at radius 3 is 2.47 bits per heavy atom. The number of aryl methyl sites for hydroxylation is 1. The van der Waals surface area contributed by atoms with Gasteiger partial charge in [0.2, 0.25) is 0 Å². The zero-order valence-electron chi connectivity index (χ0n) is 17.7. The molecule has 0 atom stereocenters. The van der Waals surface area contributed by atoms with Gasteiger partial charge in [0.1, 0.15) is 38.5 Å². The van der Waals surface area contributed by atoms with Crippen LogP contribution >= 0.6 is 0 Å². The van der Waals surface area contributed by atoms with E-state index < -0.39 is 0 Å². The van der Waals surface area contributed by atoms with Crippen LogP contribution in [0.3, 0.4) is 0 Å². The number of ether oxygens (including phenoxy) is 1. The summed E-state index contributed by atoms with van der Waals surface area (Å²) in [5, 5.41) is 2.26. The highest BCUT2D eigenvalue weighted by Crippen LogP contribution is 2.36. The third-order valence-electron chi connectivity index (χ3n) is 6.57. The Hall–Kier alpha value is -2.89. The minimum Gasteiger partial charge on any atom is -0.496 e. The molecule has 0 aliphatic carbocycles. The third kappa shape index (κ3) is 3.34. The van der Waals surface area contributed by atoms with Crippen LogP contribution in [0.5, 0.6) is 5.75 Å². The Kier molecular flexibility index (Phi) is 4.93. The fourth-order valence-electron chi connectivity index (χ4n) is 4.97. The summed E-state index contributed by atoms with van der Waals surface area (Å²) >= 11 is 0. The molecule has 1 amide bonds. The van der Waals surface area contributed by atoms with Crippen molar-refractivity contribution in [2.75, 3.05) is 44.9 Å². The Balaban J connectivity index is 1.25. The van der Waals surface area contributed by atoms with Crippen LogP contribution in [0.25, 0.3) is 10.8 Å². The summed E-state index contributed by atoms with van der Waals surface area (Å²) in [5.74, 6) is 1.13.